The number of fused-ring (bicyclic) bond motifs is 1. The third-order valence-corrected chi connectivity index (χ3v) is 3.94. The summed E-state index contributed by atoms with van der Waals surface area (Å²) >= 11 is 0. The SMILES string of the molecule is CC1CCCCN1c1ncnc2cc(C(=O)O)ccc12. The number of carboxylic acid groups (broad SMARTS) is 1. The summed E-state index contributed by atoms with van der Waals surface area (Å²) in [5.41, 5.74) is 0.946. The van der Waals surface area contributed by atoms with E-state index in [1.165, 1.54) is 25.6 Å². The molecule has 5 nitrogen and oxygen atoms in total. The number of nitrogens with zero attached hydrogens (tertiary/aromatic N) is 3. The van der Waals surface area contributed by atoms with Crippen molar-refractivity contribution in [1.29, 1.82) is 0 Å². The van der Waals surface area contributed by atoms with Crippen LogP contribution in [0.4, 0.5) is 5.82 Å². The minimum Gasteiger partial charge on any atom is -0.478 e. The van der Waals surface area contributed by atoms with Gasteiger partial charge in [0.2, 0.25) is 0 Å². The van der Waals surface area contributed by atoms with Crippen LogP contribution in [0, 0.1) is 0 Å². The Morgan fingerprint density at radius 2 is 2.20 bits per heavy atom. The van der Waals surface area contributed by atoms with Crippen molar-refractivity contribution in [3.63, 3.8) is 0 Å². The molecule has 0 spiro atoms. The summed E-state index contributed by atoms with van der Waals surface area (Å²) in [5, 5.41) is 9.97. The maximum absolute atomic E-state index is 11.0. The zero-order valence-corrected chi connectivity index (χ0v) is 11.4. The highest BCUT2D eigenvalue weighted by molar-refractivity contribution is 5.96. The molecule has 1 aliphatic heterocycles. The van der Waals surface area contributed by atoms with Crippen molar-refractivity contribution in [2.75, 3.05) is 11.4 Å². The summed E-state index contributed by atoms with van der Waals surface area (Å²) in [6, 6.07) is 5.50. The van der Waals surface area contributed by atoms with Gasteiger partial charge in [0, 0.05) is 18.0 Å². The predicted molar refractivity (Wildman–Crippen MR) is 77.2 cm³/mol. The molecule has 0 aliphatic carbocycles. The minimum absolute atomic E-state index is 0.258. The molecule has 0 radical (unpaired) electrons. The lowest BCUT2D eigenvalue weighted by Gasteiger charge is -2.34. The van der Waals surface area contributed by atoms with Gasteiger partial charge in [-0.05, 0) is 44.4 Å². The molecule has 2 aromatic rings. The number of benzene rings is 1. The molecule has 1 aromatic heterocycles. The van der Waals surface area contributed by atoms with Crippen LogP contribution in [0.3, 0.4) is 0 Å². The van der Waals surface area contributed by atoms with Crippen LogP contribution >= 0.6 is 0 Å². The second-order valence-electron chi connectivity index (χ2n) is 5.27. The molecule has 1 aromatic carbocycles. The molecule has 104 valence electrons. The van der Waals surface area contributed by atoms with Crippen LogP contribution in [0.5, 0.6) is 0 Å². The zero-order chi connectivity index (χ0) is 14.1. The molecule has 3 rings (SSSR count). The molecule has 1 aliphatic rings. The van der Waals surface area contributed by atoms with Gasteiger partial charge in [-0.1, -0.05) is 0 Å². The van der Waals surface area contributed by atoms with Crippen molar-refractivity contribution in [2.24, 2.45) is 0 Å². The zero-order valence-electron chi connectivity index (χ0n) is 11.4. The molecule has 1 unspecified atom stereocenters. The first-order valence-electron chi connectivity index (χ1n) is 6.91. The third-order valence-electron chi connectivity index (χ3n) is 3.94. The summed E-state index contributed by atoms with van der Waals surface area (Å²) in [4.78, 5) is 22.0. The van der Waals surface area contributed by atoms with E-state index in [9.17, 15) is 4.79 Å². The number of hydrogen-bond acceptors (Lipinski definition) is 4. The van der Waals surface area contributed by atoms with Gasteiger partial charge in [0.1, 0.15) is 12.1 Å². The van der Waals surface area contributed by atoms with Gasteiger partial charge in [0.05, 0.1) is 11.1 Å². The van der Waals surface area contributed by atoms with Crippen LogP contribution in [-0.4, -0.2) is 33.6 Å². The van der Waals surface area contributed by atoms with Crippen molar-refractivity contribution < 1.29 is 9.90 Å². The monoisotopic (exact) mass is 271 g/mol. The topological polar surface area (TPSA) is 66.3 Å². The number of piperidine rings is 1. The Balaban J connectivity index is 2.09. The van der Waals surface area contributed by atoms with Crippen molar-refractivity contribution >= 4 is 22.7 Å². The van der Waals surface area contributed by atoms with E-state index in [1.54, 1.807) is 12.1 Å². The van der Waals surface area contributed by atoms with E-state index in [0.29, 0.717) is 11.6 Å². The Kier molecular flexibility index (Phi) is 3.26. The van der Waals surface area contributed by atoms with E-state index < -0.39 is 5.97 Å². The third kappa shape index (κ3) is 2.19. The van der Waals surface area contributed by atoms with E-state index in [4.69, 9.17) is 5.11 Å². The highest BCUT2D eigenvalue weighted by atomic mass is 16.4. The van der Waals surface area contributed by atoms with E-state index >= 15 is 0 Å². The maximum Gasteiger partial charge on any atom is 0.335 e. The van der Waals surface area contributed by atoms with Crippen LogP contribution in [0.25, 0.3) is 10.9 Å². The average Bonchev–Trinajstić information content (AvgIpc) is 2.46. The summed E-state index contributed by atoms with van der Waals surface area (Å²) in [6.45, 7) is 3.20. The fraction of sp³-hybridized carbons (Fsp3) is 0.400. The molecule has 0 bridgehead atoms. The summed E-state index contributed by atoms with van der Waals surface area (Å²) in [5.74, 6) is -0.0162. The van der Waals surface area contributed by atoms with Crippen LogP contribution in [0.2, 0.25) is 0 Å². The van der Waals surface area contributed by atoms with Crippen LogP contribution in [-0.2, 0) is 0 Å². The quantitative estimate of drug-likeness (QED) is 0.909. The van der Waals surface area contributed by atoms with Gasteiger partial charge in [-0.2, -0.15) is 0 Å². The number of aromatic carboxylic acids is 1. The molecule has 20 heavy (non-hydrogen) atoms. The first kappa shape index (κ1) is 12.8. The van der Waals surface area contributed by atoms with Gasteiger partial charge in [0.25, 0.3) is 0 Å². The fourth-order valence-corrected chi connectivity index (χ4v) is 2.82. The molecule has 0 saturated carbocycles. The number of carbonyl (C=O) groups is 1. The van der Waals surface area contributed by atoms with Crippen LogP contribution < -0.4 is 4.90 Å². The Hall–Kier alpha value is -2.17. The smallest absolute Gasteiger partial charge is 0.335 e. The Morgan fingerprint density at radius 1 is 1.35 bits per heavy atom. The highest BCUT2D eigenvalue weighted by Crippen LogP contribution is 2.29. The summed E-state index contributed by atoms with van der Waals surface area (Å²) in [6.07, 6.45) is 5.11. The number of aromatic nitrogens is 2. The Bertz CT molecular complexity index is 657. The first-order chi connectivity index (χ1) is 9.66. The standard InChI is InChI=1S/C15H17N3O2/c1-10-4-2-3-7-18(10)14-12-6-5-11(15(19)20)8-13(12)16-9-17-14/h5-6,8-10H,2-4,7H2,1H3,(H,19,20). The lowest BCUT2D eigenvalue weighted by Crippen LogP contribution is -2.38. The Labute approximate surface area is 117 Å². The van der Waals surface area contributed by atoms with E-state index in [-0.39, 0.29) is 5.56 Å². The fourth-order valence-electron chi connectivity index (χ4n) is 2.82. The molecule has 1 atom stereocenters. The lowest BCUT2D eigenvalue weighted by molar-refractivity contribution is 0.0697. The van der Waals surface area contributed by atoms with Crippen molar-refractivity contribution in [3.8, 4) is 0 Å². The number of hydrogen-bond donors (Lipinski definition) is 1. The molecule has 5 heteroatoms. The van der Waals surface area contributed by atoms with Gasteiger partial charge in [-0.15, -0.1) is 0 Å². The average molecular weight is 271 g/mol. The predicted octanol–water partition coefficient (Wildman–Crippen LogP) is 2.71. The van der Waals surface area contributed by atoms with E-state index in [2.05, 4.69) is 21.8 Å². The summed E-state index contributed by atoms with van der Waals surface area (Å²) < 4.78 is 0. The number of rotatable bonds is 2. The molecular formula is C15H17N3O2. The highest BCUT2D eigenvalue weighted by Gasteiger charge is 2.21. The van der Waals surface area contributed by atoms with Gasteiger partial charge >= 0.3 is 5.97 Å². The van der Waals surface area contributed by atoms with Crippen LogP contribution in [0.15, 0.2) is 24.5 Å². The van der Waals surface area contributed by atoms with Gasteiger partial charge in [-0.25, -0.2) is 14.8 Å². The first-order valence-corrected chi connectivity index (χ1v) is 6.91. The van der Waals surface area contributed by atoms with Gasteiger partial charge < -0.3 is 10.0 Å². The molecule has 1 fully saturated rings. The van der Waals surface area contributed by atoms with E-state index in [0.717, 1.165) is 17.7 Å². The van der Waals surface area contributed by atoms with Crippen molar-refractivity contribution in [1.82, 2.24) is 9.97 Å². The lowest BCUT2D eigenvalue weighted by atomic mass is 10.0. The van der Waals surface area contributed by atoms with E-state index in [1.807, 2.05) is 6.07 Å². The molecule has 1 N–H and O–H groups in total. The largest absolute Gasteiger partial charge is 0.478 e. The summed E-state index contributed by atoms with van der Waals surface area (Å²) in [7, 11) is 0. The minimum atomic E-state index is -0.932. The Morgan fingerprint density at radius 3 is 2.95 bits per heavy atom. The number of anilines is 1. The maximum atomic E-state index is 11.0. The van der Waals surface area contributed by atoms with Crippen molar-refractivity contribution in [3.05, 3.63) is 30.1 Å². The number of carboxylic acids is 1. The molecule has 0 amide bonds. The van der Waals surface area contributed by atoms with Gasteiger partial charge in [-0.3, -0.25) is 0 Å². The molecule has 2 heterocycles. The second kappa shape index (κ2) is 5.07. The second-order valence-corrected chi connectivity index (χ2v) is 5.27. The van der Waals surface area contributed by atoms with Crippen molar-refractivity contribution in [2.45, 2.75) is 32.2 Å². The molecular weight excluding hydrogens is 254 g/mol. The van der Waals surface area contributed by atoms with Gasteiger partial charge in [0.15, 0.2) is 0 Å². The van der Waals surface area contributed by atoms with Crippen LogP contribution in [0.1, 0.15) is 36.5 Å². The normalized spacial score (nSPS) is 19.2. The molecule has 1 saturated heterocycles.